The maximum absolute atomic E-state index is 12.8. The summed E-state index contributed by atoms with van der Waals surface area (Å²) in [6.07, 6.45) is 1.86. The van der Waals surface area contributed by atoms with E-state index in [-0.39, 0.29) is 5.91 Å². The third kappa shape index (κ3) is 2.28. The van der Waals surface area contributed by atoms with Crippen molar-refractivity contribution in [3.8, 4) is 11.3 Å². The number of fused-ring (bicyclic) bond motifs is 1. The number of benzene rings is 1. The van der Waals surface area contributed by atoms with E-state index in [9.17, 15) is 4.79 Å². The molecule has 1 fully saturated rings. The molecule has 0 aliphatic carbocycles. The number of nitrogens with zero attached hydrogens (tertiary/aromatic N) is 4. The highest BCUT2D eigenvalue weighted by atomic mass is 32.1. The molecule has 4 rings (SSSR count). The number of carbonyl (C=O) groups excluding carboxylic acids is 1. The lowest BCUT2D eigenvalue weighted by atomic mass is 10.0. The van der Waals surface area contributed by atoms with Crippen LogP contribution in [-0.2, 0) is 4.74 Å². The van der Waals surface area contributed by atoms with Gasteiger partial charge in [-0.3, -0.25) is 4.79 Å². The second kappa shape index (κ2) is 5.51. The molecule has 112 valence electrons. The van der Waals surface area contributed by atoms with Crippen molar-refractivity contribution in [2.75, 3.05) is 26.3 Å². The van der Waals surface area contributed by atoms with Gasteiger partial charge in [0.25, 0.3) is 5.91 Å². The molecule has 22 heavy (non-hydrogen) atoms. The Morgan fingerprint density at radius 3 is 2.86 bits per heavy atom. The lowest BCUT2D eigenvalue weighted by Crippen LogP contribution is -2.40. The van der Waals surface area contributed by atoms with Crippen molar-refractivity contribution in [3.63, 3.8) is 0 Å². The van der Waals surface area contributed by atoms with Gasteiger partial charge < -0.3 is 9.64 Å². The van der Waals surface area contributed by atoms with E-state index in [1.165, 1.54) is 11.3 Å². The number of ether oxygens (including phenoxy) is 1. The summed E-state index contributed by atoms with van der Waals surface area (Å²) >= 11 is 1.47. The molecule has 0 bridgehead atoms. The molecular weight excluding hydrogens is 300 g/mol. The second-order valence-corrected chi connectivity index (χ2v) is 5.85. The molecule has 0 atom stereocenters. The number of hydrogen-bond donors (Lipinski definition) is 0. The fourth-order valence-corrected chi connectivity index (χ4v) is 3.20. The highest BCUT2D eigenvalue weighted by Gasteiger charge is 2.22. The van der Waals surface area contributed by atoms with Crippen molar-refractivity contribution >= 4 is 22.2 Å². The molecule has 1 saturated heterocycles. The van der Waals surface area contributed by atoms with E-state index in [0.29, 0.717) is 31.9 Å². The number of imidazole rings is 1. The molecule has 0 spiro atoms. The number of amides is 1. The van der Waals surface area contributed by atoms with Crippen molar-refractivity contribution in [1.82, 2.24) is 19.5 Å². The van der Waals surface area contributed by atoms with Gasteiger partial charge in [0.15, 0.2) is 0 Å². The van der Waals surface area contributed by atoms with Crippen LogP contribution in [0.5, 0.6) is 0 Å². The molecule has 0 saturated carbocycles. The molecule has 0 radical (unpaired) electrons. The van der Waals surface area contributed by atoms with Gasteiger partial charge in [-0.05, 0) is 6.07 Å². The topological polar surface area (TPSA) is 59.7 Å². The fourth-order valence-electron chi connectivity index (χ4n) is 2.60. The summed E-state index contributed by atoms with van der Waals surface area (Å²) < 4.78 is 7.05. The van der Waals surface area contributed by atoms with E-state index in [4.69, 9.17) is 4.74 Å². The van der Waals surface area contributed by atoms with Gasteiger partial charge in [-0.25, -0.2) is 9.50 Å². The van der Waals surface area contributed by atoms with E-state index >= 15 is 0 Å². The van der Waals surface area contributed by atoms with E-state index in [0.717, 1.165) is 16.2 Å². The minimum atomic E-state index is 0.0308. The first-order valence-corrected chi connectivity index (χ1v) is 7.96. The monoisotopic (exact) mass is 314 g/mol. The predicted molar refractivity (Wildman–Crippen MR) is 83.0 cm³/mol. The number of rotatable bonds is 2. The van der Waals surface area contributed by atoms with Crippen LogP contribution in [0, 0.1) is 0 Å². The van der Waals surface area contributed by atoms with Crippen molar-refractivity contribution < 1.29 is 9.53 Å². The van der Waals surface area contributed by atoms with Crippen LogP contribution >= 0.6 is 11.3 Å². The summed E-state index contributed by atoms with van der Waals surface area (Å²) in [5, 5.41) is 4.19. The predicted octanol–water partition coefficient (Wildman–Crippen LogP) is 1.93. The minimum Gasteiger partial charge on any atom is -0.378 e. The lowest BCUT2D eigenvalue weighted by molar-refractivity contribution is 0.0303. The molecule has 0 N–H and O–H groups in total. The van der Waals surface area contributed by atoms with Crippen LogP contribution in [0.15, 0.2) is 36.0 Å². The first-order chi connectivity index (χ1) is 10.8. The van der Waals surface area contributed by atoms with Gasteiger partial charge >= 0.3 is 0 Å². The summed E-state index contributed by atoms with van der Waals surface area (Å²) in [6.45, 7) is 2.45. The molecule has 0 unspecified atom stereocenters. The third-order valence-corrected chi connectivity index (χ3v) is 4.41. The van der Waals surface area contributed by atoms with E-state index in [1.807, 2.05) is 35.4 Å². The second-order valence-electron chi connectivity index (χ2n) is 5.04. The van der Waals surface area contributed by atoms with Crippen LogP contribution in [0.25, 0.3) is 16.2 Å². The number of aromatic nitrogens is 3. The Bertz CT molecular complexity index is 791. The van der Waals surface area contributed by atoms with Gasteiger partial charge in [-0.1, -0.05) is 29.5 Å². The smallest absolute Gasteiger partial charge is 0.254 e. The van der Waals surface area contributed by atoms with Crippen molar-refractivity contribution in [2.45, 2.75) is 0 Å². The van der Waals surface area contributed by atoms with Gasteiger partial charge in [-0.2, -0.15) is 5.10 Å². The zero-order valence-electron chi connectivity index (χ0n) is 11.8. The fraction of sp³-hybridized carbons (Fsp3) is 0.267. The largest absolute Gasteiger partial charge is 0.378 e. The Morgan fingerprint density at radius 1 is 1.23 bits per heavy atom. The van der Waals surface area contributed by atoms with Gasteiger partial charge in [0.05, 0.1) is 25.1 Å². The zero-order chi connectivity index (χ0) is 14.9. The number of morpholine rings is 1. The Balaban J connectivity index is 1.74. The molecule has 3 aromatic rings. The molecular formula is C15H14N4O2S. The normalized spacial score (nSPS) is 15.4. The first kappa shape index (κ1) is 13.4. The van der Waals surface area contributed by atoms with Crippen LogP contribution in [0.2, 0.25) is 0 Å². The lowest BCUT2D eigenvalue weighted by Gasteiger charge is -2.27. The summed E-state index contributed by atoms with van der Waals surface area (Å²) in [6, 6.07) is 7.59. The zero-order valence-corrected chi connectivity index (χ0v) is 12.6. The van der Waals surface area contributed by atoms with Gasteiger partial charge in [0.2, 0.25) is 4.96 Å². The van der Waals surface area contributed by atoms with E-state index in [1.54, 1.807) is 10.0 Å². The van der Waals surface area contributed by atoms with Gasteiger partial charge in [-0.15, -0.1) is 0 Å². The van der Waals surface area contributed by atoms with Crippen molar-refractivity contribution in [2.24, 2.45) is 0 Å². The van der Waals surface area contributed by atoms with Crippen LogP contribution in [0.3, 0.4) is 0 Å². The Hall–Kier alpha value is -2.25. The summed E-state index contributed by atoms with van der Waals surface area (Å²) in [7, 11) is 0. The maximum atomic E-state index is 12.8. The highest BCUT2D eigenvalue weighted by molar-refractivity contribution is 7.14. The van der Waals surface area contributed by atoms with Crippen LogP contribution in [-0.4, -0.2) is 51.7 Å². The Labute approximate surface area is 131 Å². The quantitative estimate of drug-likeness (QED) is 0.725. The molecule has 2 aromatic heterocycles. The maximum Gasteiger partial charge on any atom is 0.254 e. The summed E-state index contributed by atoms with van der Waals surface area (Å²) in [4.78, 5) is 20.0. The third-order valence-electron chi connectivity index (χ3n) is 3.72. The van der Waals surface area contributed by atoms with E-state index in [2.05, 4.69) is 10.1 Å². The molecule has 3 heterocycles. The standard InChI is InChI=1S/C15H14N4O2S/c20-14(18-5-7-21-8-6-18)12-4-2-1-3-11(12)13-9-19-15(17-13)22-10-16-19/h1-4,9-10H,5-8H2. The summed E-state index contributed by atoms with van der Waals surface area (Å²) in [5.74, 6) is 0.0308. The van der Waals surface area contributed by atoms with Gasteiger partial charge in [0, 0.05) is 24.2 Å². The molecule has 1 amide bonds. The van der Waals surface area contributed by atoms with Crippen LogP contribution < -0.4 is 0 Å². The molecule has 6 nitrogen and oxygen atoms in total. The van der Waals surface area contributed by atoms with Gasteiger partial charge in [0.1, 0.15) is 5.51 Å². The van der Waals surface area contributed by atoms with Crippen molar-refractivity contribution in [1.29, 1.82) is 0 Å². The van der Waals surface area contributed by atoms with E-state index < -0.39 is 0 Å². The average molecular weight is 314 g/mol. The van der Waals surface area contributed by atoms with Crippen LogP contribution in [0.4, 0.5) is 0 Å². The SMILES string of the molecule is O=C(c1ccccc1-c1cn2ncsc2n1)N1CCOCC1. The molecule has 1 aromatic carbocycles. The van der Waals surface area contributed by atoms with Crippen LogP contribution in [0.1, 0.15) is 10.4 Å². The highest BCUT2D eigenvalue weighted by Crippen LogP contribution is 2.25. The Morgan fingerprint density at radius 2 is 2.05 bits per heavy atom. The number of hydrogen-bond acceptors (Lipinski definition) is 5. The summed E-state index contributed by atoms with van der Waals surface area (Å²) in [5.41, 5.74) is 4.04. The first-order valence-electron chi connectivity index (χ1n) is 7.08. The minimum absolute atomic E-state index is 0.0308. The number of carbonyl (C=O) groups is 1. The molecule has 1 aliphatic heterocycles. The molecule has 7 heteroatoms. The molecule has 1 aliphatic rings. The average Bonchev–Trinajstić information content (AvgIpc) is 3.17. The van der Waals surface area contributed by atoms with Crippen molar-refractivity contribution in [3.05, 3.63) is 41.5 Å². The Kier molecular flexibility index (Phi) is 3.36.